The molecule has 27 heavy (non-hydrogen) atoms. The number of ketones is 1. The zero-order chi connectivity index (χ0) is 19.8. The Kier molecular flexibility index (Phi) is 5.27. The van der Waals surface area contributed by atoms with Crippen LogP contribution in [0.3, 0.4) is 0 Å². The van der Waals surface area contributed by atoms with E-state index in [0.29, 0.717) is 19.4 Å². The molecule has 1 aromatic rings. The SMILES string of the molecule is COC(=O)CC1CCC(C2c3ccccc3CN2C(=O)OC(C)(C)C)C1=O. The van der Waals surface area contributed by atoms with Crippen molar-refractivity contribution in [3.8, 4) is 0 Å². The van der Waals surface area contributed by atoms with Crippen LogP contribution in [0.5, 0.6) is 0 Å². The topological polar surface area (TPSA) is 72.9 Å². The maximum absolute atomic E-state index is 13.0. The van der Waals surface area contributed by atoms with E-state index in [2.05, 4.69) is 0 Å². The zero-order valence-corrected chi connectivity index (χ0v) is 16.4. The molecule has 3 unspecified atom stereocenters. The lowest BCUT2D eigenvalue weighted by atomic mass is 9.89. The maximum Gasteiger partial charge on any atom is 0.411 e. The lowest BCUT2D eigenvalue weighted by Crippen LogP contribution is -2.39. The first-order valence-corrected chi connectivity index (χ1v) is 9.39. The number of esters is 1. The number of methoxy groups -OCH3 is 1. The Morgan fingerprint density at radius 2 is 1.89 bits per heavy atom. The summed E-state index contributed by atoms with van der Waals surface area (Å²) in [6, 6.07) is 7.48. The Labute approximate surface area is 159 Å². The lowest BCUT2D eigenvalue weighted by molar-refractivity contribution is -0.143. The number of benzene rings is 1. The molecule has 1 heterocycles. The highest BCUT2D eigenvalue weighted by Gasteiger charge is 2.47. The van der Waals surface area contributed by atoms with Crippen molar-refractivity contribution in [2.45, 2.75) is 58.2 Å². The maximum atomic E-state index is 13.0. The van der Waals surface area contributed by atoms with Gasteiger partial charge >= 0.3 is 12.1 Å². The van der Waals surface area contributed by atoms with E-state index < -0.39 is 11.7 Å². The quantitative estimate of drug-likeness (QED) is 0.757. The first kappa shape index (κ1) is 19.4. The minimum Gasteiger partial charge on any atom is -0.469 e. The van der Waals surface area contributed by atoms with E-state index in [1.165, 1.54) is 7.11 Å². The van der Waals surface area contributed by atoms with Gasteiger partial charge in [-0.15, -0.1) is 0 Å². The van der Waals surface area contributed by atoms with Crippen LogP contribution in [0.15, 0.2) is 24.3 Å². The van der Waals surface area contributed by atoms with Gasteiger partial charge in [-0.05, 0) is 44.7 Å². The van der Waals surface area contributed by atoms with Crippen molar-refractivity contribution in [1.29, 1.82) is 0 Å². The molecule has 6 nitrogen and oxygen atoms in total. The predicted octanol–water partition coefficient (Wildman–Crippen LogP) is 3.64. The van der Waals surface area contributed by atoms with Gasteiger partial charge in [-0.3, -0.25) is 14.5 Å². The van der Waals surface area contributed by atoms with E-state index in [-0.39, 0.29) is 36.1 Å². The van der Waals surface area contributed by atoms with Gasteiger partial charge in [0.1, 0.15) is 11.4 Å². The molecule has 3 atom stereocenters. The predicted molar refractivity (Wildman–Crippen MR) is 98.8 cm³/mol. The summed E-state index contributed by atoms with van der Waals surface area (Å²) in [5.41, 5.74) is 1.43. The summed E-state index contributed by atoms with van der Waals surface area (Å²) < 4.78 is 10.3. The van der Waals surface area contributed by atoms with Crippen LogP contribution in [0.2, 0.25) is 0 Å². The molecule has 6 heteroatoms. The van der Waals surface area contributed by atoms with Gasteiger partial charge in [0.15, 0.2) is 0 Å². The third-order valence-electron chi connectivity index (χ3n) is 5.29. The van der Waals surface area contributed by atoms with Crippen molar-refractivity contribution < 1.29 is 23.9 Å². The van der Waals surface area contributed by atoms with Crippen LogP contribution in [0.4, 0.5) is 4.79 Å². The smallest absolute Gasteiger partial charge is 0.411 e. The van der Waals surface area contributed by atoms with Crippen molar-refractivity contribution >= 4 is 17.8 Å². The molecule has 0 radical (unpaired) electrons. The highest BCUT2D eigenvalue weighted by molar-refractivity contribution is 5.90. The summed E-state index contributed by atoms with van der Waals surface area (Å²) in [6.07, 6.45) is 0.984. The average molecular weight is 373 g/mol. The molecule has 0 N–H and O–H groups in total. The van der Waals surface area contributed by atoms with Crippen molar-refractivity contribution in [2.75, 3.05) is 7.11 Å². The second-order valence-corrected chi connectivity index (χ2v) is 8.32. The second kappa shape index (κ2) is 7.33. The highest BCUT2D eigenvalue weighted by atomic mass is 16.6. The number of hydrogen-bond acceptors (Lipinski definition) is 5. The highest BCUT2D eigenvalue weighted by Crippen LogP contribution is 2.46. The number of amides is 1. The molecular weight excluding hydrogens is 346 g/mol. The average Bonchev–Trinajstić information content (AvgIpc) is 3.14. The molecule has 1 saturated carbocycles. The second-order valence-electron chi connectivity index (χ2n) is 8.32. The number of rotatable bonds is 3. The van der Waals surface area contributed by atoms with Crippen LogP contribution in [0.25, 0.3) is 0 Å². The summed E-state index contributed by atoms with van der Waals surface area (Å²) >= 11 is 0. The van der Waals surface area contributed by atoms with Gasteiger partial charge in [0.25, 0.3) is 0 Å². The molecule has 146 valence electrons. The monoisotopic (exact) mass is 373 g/mol. The first-order chi connectivity index (χ1) is 12.7. The summed E-state index contributed by atoms with van der Waals surface area (Å²) in [5, 5.41) is 0. The standard InChI is InChI=1S/C21H27NO5/c1-21(2,3)27-20(25)22-12-14-7-5-6-8-15(14)18(22)16-10-9-13(19(16)24)11-17(23)26-4/h5-8,13,16,18H,9-12H2,1-4H3. The lowest BCUT2D eigenvalue weighted by Gasteiger charge is -2.31. The van der Waals surface area contributed by atoms with Crippen LogP contribution in [0.1, 0.15) is 57.2 Å². The van der Waals surface area contributed by atoms with Gasteiger partial charge in [-0.2, -0.15) is 0 Å². The van der Waals surface area contributed by atoms with Gasteiger partial charge in [0, 0.05) is 11.8 Å². The normalized spacial score (nSPS) is 24.7. The summed E-state index contributed by atoms with van der Waals surface area (Å²) in [6.45, 7) is 5.92. The Morgan fingerprint density at radius 1 is 1.19 bits per heavy atom. The number of carbonyl (C=O) groups is 3. The van der Waals surface area contributed by atoms with Crippen molar-refractivity contribution in [2.24, 2.45) is 11.8 Å². The molecule has 1 fully saturated rings. The van der Waals surface area contributed by atoms with Gasteiger partial charge < -0.3 is 9.47 Å². The number of ether oxygens (including phenoxy) is 2. The molecule has 1 aromatic carbocycles. The van der Waals surface area contributed by atoms with Crippen LogP contribution in [0, 0.1) is 11.8 Å². The Balaban J connectivity index is 1.86. The van der Waals surface area contributed by atoms with Crippen LogP contribution in [-0.2, 0) is 25.6 Å². The first-order valence-electron chi connectivity index (χ1n) is 9.39. The Hall–Kier alpha value is -2.37. The van der Waals surface area contributed by atoms with Crippen LogP contribution < -0.4 is 0 Å². The van der Waals surface area contributed by atoms with Crippen molar-refractivity contribution in [3.05, 3.63) is 35.4 Å². The Bertz CT molecular complexity index is 751. The Morgan fingerprint density at radius 3 is 2.56 bits per heavy atom. The van der Waals surface area contributed by atoms with E-state index in [4.69, 9.17) is 9.47 Å². The van der Waals surface area contributed by atoms with Crippen LogP contribution >= 0.6 is 0 Å². The third kappa shape index (κ3) is 3.99. The van der Waals surface area contributed by atoms with Crippen LogP contribution in [-0.4, -0.2) is 35.5 Å². The number of Topliss-reactive ketones (excluding diaryl/α,β-unsaturated/α-hetero) is 1. The molecule has 0 bridgehead atoms. The summed E-state index contributed by atoms with van der Waals surface area (Å²) in [5.74, 6) is -0.994. The molecule has 0 saturated heterocycles. The van der Waals surface area contributed by atoms with E-state index in [1.807, 2.05) is 45.0 Å². The van der Waals surface area contributed by atoms with E-state index in [9.17, 15) is 14.4 Å². The number of fused-ring (bicyclic) bond motifs is 1. The summed E-state index contributed by atoms with van der Waals surface area (Å²) in [4.78, 5) is 39.1. The molecule has 1 amide bonds. The summed E-state index contributed by atoms with van der Waals surface area (Å²) in [7, 11) is 1.33. The molecule has 0 spiro atoms. The molecule has 0 aromatic heterocycles. The largest absolute Gasteiger partial charge is 0.469 e. The molecule has 3 rings (SSSR count). The van der Waals surface area contributed by atoms with Gasteiger partial charge in [-0.1, -0.05) is 24.3 Å². The van der Waals surface area contributed by atoms with Gasteiger partial charge in [0.2, 0.25) is 0 Å². The van der Waals surface area contributed by atoms with Crippen molar-refractivity contribution in [1.82, 2.24) is 4.90 Å². The van der Waals surface area contributed by atoms with E-state index in [0.717, 1.165) is 11.1 Å². The van der Waals surface area contributed by atoms with Gasteiger partial charge in [0.05, 0.1) is 26.1 Å². The minimum absolute atomic E-state index is 0.0376. The number of hydrogen-bond donors (Lipinski definition) is 0. The third-order valence-corrected chi connectivity index (χ3v) is 5.29. The fourth-order valence-electron chi connectivity index (χ4n) is 4.12. The fourth-order valence-corrected chi connectivity index (χ4v) is 4.12. The minimum atomic E-state index is -0.608. The molecular formula is C21H27NO5. The van der Waals surface area contributed by atoms with Gasteiger partial charge in [-0.25, -0.2) is 4.79 Å². The van der Waals surface area contributed by atoms with E-state index in [1.54, 1.807) is 4.90 Å². The number of nitrogens with zero attached hydrogens (tertiary/aromatic N) is 1. The fraction of sp³-hybridized carbons (Fsp3) is 0.571. The van der Waals surface area contributed by atoms with E-state index >= 15 is 0 Å². The molecule has 2 aliphatic rings. The molecule has 1 aliphatic carbocycles. The van der Waals surface area contributed by atoms with Crippen molar-refractivity contribution in [3.63, 3.8) is 0 Å². The zero-order valence-electron chi connectivity index (χ0n) is 16.4. The number of carbonyl (C=O) groups excluding carboxylic acids is 3. The molecule has 1 aliphatic heterocycles.